The van der Waals surface area contributed by atoms with E-state index in [-0.39, 0.29) is 17.6 Å². The predicted molar refractivity (Wildman–Crippen MR) is 78.4 cm³/mol. The molecule has 0 aliphatic heterocycles. The van der Waals surface area contributed by atoms with Crippen molar-refractivity contribution in [1.82, 2.24) is 5.32 Å². The lowest BCUT2D eigenvalue weighted by Crippen LogP contribution is -2.32. The fourth-order valence-electron chi connectivity index (χ4n) is 2.53. The third-order valence-electron chi connectivity index (χ3n) is 3.86. The first kappa shape index (κ1) is 15.4. The van der Waals surface area contributed by atoms with Crippen molar-refractivity contribution < 1.29 is 19.1 Å². The van der Waals surface area contributed by atoms with Crippen LogP contribution >= 0.6 is 0 Å². The highest BCUT2D eigenvalue weighted by Gasteiger charge is 2.24. The smallest absolute Gasteiger partial charge is 0.223 e. The number of carbonyl (C=O) groups is 2. The minimum absolute atomic E-state index is 0.0142. The van der Waals surface area contributed by atoms with Crippen molar-refractivity contribution in [2.75, 3.05) is 14.2 Å². The second kappa shape index (κ2) is 7.11. The summed E-state index contributed by atoms with van der Waals surface area (Å²) in [5.74, 6) is 1.63. The van der Waals surface area contributed by atoms with Crippen molar-refractivity contribution in [3.63, 3.8) is 0 Å². The van der Waals surface area contributed by atoms with Crippen molar-refractivity contribution in [2.24, 2.45) is 5.92 Å². The van der Waals surface area contributed by atoms with Gasteiger partial charge in [-0.15, -0.1) is 0 Å². The zero-order valence-electron chi connectivity index (χ0n) is 12.5. The lowest BCUT2D eigenvalue weighted by Gasteiger charge is -2.20. The molecule has 0 unspecified atom stereocenters. The highest BCUT2D eigenvalue weighted by molar-refractivity contribution is 5.84. The molecular formula is C16H21NO4. The Morgan fingerprint density at radius 1 is 1.24 bits per heavy atom. The van der Waals surface area contributed by atoms with Crippen LogP contribution in [0, 0.1) is 5.92 Å². The maximum atomic E-state index is 12.1. The van der Waals surface area contributed by atoms with Gasteiger partial charge in [-0.1, -0.05) is 0 Å². The summed E-state index contributed by atoms with van der Waals surface area (Å²) in [5, 5.41) is 2.92. The van der Waals surface area contributed by atoms with Gasteiger partial charge in [0.25, 0.3) is 0 Å². The van der Waals surface area contributed by atoms with Crippen LogP contribution in [0.2, 0.25) is 0 Å². The number of amides is 1. The number of carbonyl (C=O) groups excluding carboxylic acids is 2. The molecule has 5 heteroatoms. The summed E-state index contributed by atoms with van der Waals surface area (Å²) >= 11 is 0. The maximum Gasteiger partial charge on any atom is 0.223 e. The first-order valence-corrected chi connectivity index (χ1v) is 7.14. The third kappa shape index (κ3) is 3.97. The van der Waals surface area contributed by atoms with E-state index < -0.39 is 0 Å². The molecule has 5 nitrogen and oxygen atoms in total. The SMILES string of the molecule is COc1ccc(CNC(=O)C2CCC(=O)CC2)c(OC)c1. The van der Waals surface area contributed by atoms with Crippen LogP contribution in [0.15, 0.2) is 18.2 Å². The molecule has 0 heterocycles. The van der Waals surface area contributed by atoms with Crippen molar-refractivity contribution in [1.29, 1.82) is 0 Å². The summed E-state index contributed by atoms with van der Waals surface area (Å²) in [7, 11) is 3.19. The lowest BCUT2D eigenvalue weighted by atomic mass is 9.88. The molecule has 1 fully saturated rings. The largest absolute Gasteiger partial charge is 0.497 e. The Kier molecular flexibility index (Phi) is 5.20. The fraction of sp³-hybridized carbons (Fsp3) is 0.500. The molecular weight excluding hydrogens is 270 g/mol. The Labute approximate surface area is 124 Å². The molecule has 0 saturated heterocycles. The number of rotatable bonds is 5. The molecule has 0 bridgehead atoms. The molecule has 1 N–H and O–H groups in total. The third-order valence-corrected chi connectivity index (χ3v) is 3.86. The molecule has 0 spiro atoms. The molecule has 1 saturated carbocycles. The Morgan fingerprint density at radius 2 is 1.95 bits per heavy atom. The Morgan fingerprint density at radius 3 is 2.57 bits per heavy atom. The first-order chi connectivity index (χ1) is 10.1. The number of methoxy groups -OCH3 is 2. The second-order valence-electron chi connectivity index (χ2n) is 5.21. The van der Waals surface area contributed by atoms with Crippen LogP contribution in [0.25, 0.3) is 0 Å². The van der Waals surface area contributed by atoms with Crippen LogP contribution in [0.5, 0.6) is 11.5 Å². The number of ether oxygens (including phenoxy) is 2. The van der Waals surface area contributed by atoms with Crippen molar-refractivity contribution in [2.45, 2.75) is 32.2 Å². The number of hydrogen-bond donors (Lipinski definition) is 1. The van der Waals surface area contributed by atoms with Crippen molar-refractivity contribution in [3.8, 4) is 11.5 Å². The van der Waals surface area contributed by atoms with Crippen LogP contribution in [-0.4, -0.2) is 25.9 Å². The summed E-state index contributed by atoms with van der Waals surface area (Å²) in [5.41, 5.74) is 0.901. The molecule has 1 aliphatic rings. The van der Waals surface area contributed by atoms with Crippen LogP contribution < -0.4 is 14.8 Å². The van der Waals surface area contributed by atoms with Crippen LogP contribution in [0.1, 0.15) is 31.2 Å². The van der Waals surface area contributed by atoms with E-state index in [0.29, 0.717) is 43.7 Å². The minimum atomic E-state index is -0.0491. The zero-order chi connectivity index (χ0) is 15.2. The van der Waals surface area contributed by atoms with E-state index in [1.807, 2.05) is 12.1 Å². The second-order valence-corrected chi connectivity index (χ2v) is 5.21. The molecule has 1 aromatic carbocycles. The van der Waals surface area contributed by atoms with Gasteiger partial charge in [0.2, 0.25) is 5.91 Å². The van der Waals surface area contributed by atoms with Gasteiger partial charge < -0.3 is 14.8 Å². The highest BCUT2D eigenvalue weighted by atomic mass is 16.5. The summed E-state index contributed by atoms with van der Waals surface area (Å²) in [4.78, 5) is 23.3. The molecule has 0 atom stereocenters. The standard InChI is InChI=1S/C16H21NO4/c1-20-14-8-5-12(15(9-14)21-2)10-17-16(19)11-3-6-13(18)7-4-11/h5,8-9,11H,3-4,6-7,10H2,1-2H3,(H,17,19). The van der Waals surface area contributed by atoms with E-state index in [4.69, 9.17) is 9.47 Å². The molecule has 1 aromatic rings. The summed E-state index contributed by atoms with van der Waals surface area (Å²) in [6.45, 7) is 0.413. The number of nitrogens with one attached hydrogen (secondary N) is 1. The van der Waals surface area contributed by atoms with Gasteiger partial charge in [0.05, 0.1) is 14.2 Å². The zero-order valence-corrected chi connectivity index (χ0v) is 12.5. The van der Waals surface area contributed by atoms with Gasteiger partial charge in [0.15, 0.2) is 0 Å². The van der Waals surface area contributed by atoms with Gasteiger partial charge in [0, 0.05) is 36.9 Å². The molecule has 114 valence electrons. The van der Waals surface area contributed by atoms with Crippen LogP contribution in [0.4, 0.5) is 0 Å². The Bertz CT molecular complexity index is 517. The molecule has 1 aliphatic carbocycles. The number of benzene rings is 1. The van der Waals surface area contributed by atoms with E-state index in [0.717, 1.165) is 5.56 Å². The molecule has 0 radical (unpaired) electrons. The topological polar surface area (TPSA) is 64.6 Å². The van der Waals surface area contributed by atoms with Gasteiger partial charge in [0.1, 0.15) is 17.3 Å². The quantitative estimate of drug-likeness (QED) is 0.902. The molecule has 2 rings (SSSR count). The van der Waals surface area contributed by atoms with E-state index in [2.05, 4.69) is 5.32 Å². The average molecular weight is 291 g/mol. The van der Waals surface area contributed by atoms with Gasteiger partial charge >= 0.3 is 0 Å². The normalized spacial score (nSPS) is 15.6. The lowest BCUT2D eigenvalue weighted by molar-refractivity contribution is -0.128. The van der Waals surface area contributed by atoms with Gasteiger partial charge in [-0.05, 0) is 25.0 Å². The molecule has 0 aromatic heterocycles. The van der Waals surface area contributed by atoms with E-state index in [1.54, 1.807) is 20.3 Å². The Balaban J connectivity index is 1.93. The van der Waals surface area contributed by atoms with E-state index >= 15 is 0 Å². The molecule has 21 heavy (non-hydrogen) atoms. The monoisotopic (exact) mass is 291 g/mol. The fourth-order valence-corrected chi connectivity index (χ4v) is 2.53. The predicted octanol–water partition coefficient (Wildman–Crippen LogP) is 2.08. The number of ketones is 1. The van der Waals surface area contributed by atoms with Crippen molar-refractivity contribution >= 4 is 11.7 Å². The summed E-state index contributed by atoms with van der Waals surface area (Å²) < 4.78 is 10.4. The van der Waals surface area contributed by atoms with Crippen LogP contribution in [0.3, 0.4) is 0 Å². The minimum Gasteiger partial charge on any atom is -0.497 e. The number of hydrogen-bond acceptors (Lipinski definition) is 4. The highest BCUT2D eigenvalue weighted by Crippen LogP contribution is 2.25. The van der Waals surface area contributed by atoms with Gasteiger partial charge in [-0.25, -0.2) is 0 Å². The Hall–Kier alpha value is -2.04. The van der Waals surface area contributed by atoms with Crippen LogP contribution in [-0.2, 0) is 16.1 Å². The van der Waals surface area contributed by atoms with Crippen molar-refractivity contribution in [3.05, 3.63) is 23.8 Å². The average Bonchev–Trinajstić information content (AvgIpc) is 2.53. The number of Topliss-reactive ketones (excluding diaryl/α,β-unsaturated/α-hetero) is 1. The summed E-state index contributed by atoms with van der Waals surface area (Å²) in [6.07, 6.45) is 2.35. The van der Waals surface area contributed by atoms with E-state index in [9.17, 15) is 9.59 Å². The first-order valence-electron chi connectivity index (χ1n) is 7.14. The van der Waals surface area contributed by atoms with Gasteiger partial charge in [-0.3, -0.25) is 9.59 Å². The maximum absolute atomic E-state index is 12.1. The summed E-state index contributed by atoms with van der Waals surface area (Å²) in [6, 6.07) is 5.51. The van der Waals surface area contributed by atoms with E-state index in [1.165, 1.54) is 0 Å². The molecule has 1 amide bonds. The van der Waals surface area contributed by atoms with Gasteiger partial charge in [-0.2, -0.15) is 0 Å².